The lowest BCUT2D eigenvalue weighted by Crippen LogP contribution is -2.17. The second-order valence-electron chi connectivity index (χ2n) is 8.66. The summed E-state index contributed by atoms with van der Waals surface area (Å²) >= 11 is 0. The Hall–Kier alpha value is -3.43. The van der Waals surface area contributed by atoms with Crippen LogP contribution in [0.3, 0.4) is 0 Å². The molecule has 0 unspecified atom stereocenters. The van der Waals surface area contributed by atoms with E-state index < -0.39 is 5.91 Å². The number of benzene rings is 2. The number of hydrogen-bond acceptors (Lipinski definition) is 8. The smallest absolute Gasteiger partial charge is 0.246 e. The third kappa shape index (κ3) is 6.67. The fourth-order valence-corrected chi connectivity index (χ4v) is 4.34. The molecule has 202 valence electrons. The summed E-state index contributed by atoms with van der Waals surface area (Å²) < 4.78 is 34.7. The fraction of sp³-hybridized carbons (Fsp3) is 0.464. The molecule has 1 saturated heterocycles. The van der Waals surface area contributed by atoms with Crippen molar-refractivity contribution in [3.05, 3.63) is 53.2 Å². The fourth-order valence-electron chi connectivity index (χ4n) is 4.34. The van der Waals surface area contributed by atoms with Crippen LogP contribution in [0.5, 0.6) is 28.7 Å². The van der Waals surface area contributed by atoms with Gasteiger partial charge >= 0.3 is 0 Å². The molecule has 1 amide bonds. The first-order valence-corrected chi connectivity index (χ1v) is 12.3. The number of nitrogens with zero attached hydrogens (tertiary/aromatic N) is 1. The van der Waals surface area contributed by atoms with E-state index in [0.717, 1.165) is 36.0 Å². The lowest BCUT2D eigenvalue weighted by atomic mass is 9.99. The highest BCUT2D eigenvalue weighted by Crippen LogP contribution is 2.47. The highest BCUT2D eigenvalue weighted by Gasteiger charge is 2.31. The molecule has 1 fully saturated rings. The van der Waals surface area contributed by atoms with Crippen LogP contribution in [0.2, 0.25) is 0 Å². The summed E-state index contributed by atoms with van der Waals surface area (Å²) in [4.78, 5) is 11.3. The van der Waals surface area contributed by atoms with Crippen molar-refractivity contribution in [2.75, 3.05) is 35.0 Å². The van der Waals surface area contributed by atoms with Crippen molar-refractivity contribution in [1.29, 1.82) is 0 Å². The quantitative estimate of drug-likeness (QED) is 0.297. The van der Waals surface area contributed by atoms with E-state index in [0.29, 0.717) is 46.8 Å². The Morgan fingerprint density at radius 3 is 1.97 bits per heavy atom. The first-order valence-electron chi connectivity index (χ1n) is 12.3. The van der Waals surface area contributed by atoms with Crippen LogP contribution in [0, 0.1) is 0 Å². The van der Waals surface area contributed by atoms with Crippen LogP contribution in [-0.2, 0) is 16.0 Å². The van der Waals surface area contributed by atoms with Crippen LogP contribution in [0.4, 0.5) is 0 Å². The zero-order valence-electron chi connectivity index (χ0n) is 22.4. The van der Waals surface area contributed by atoms with Gasteiger partial charge in [0.2, 0.25) is 11.7 Å². The number of carbonyl (C=O) groups excluding carboxylic acids is 1. The van der Waals surface area contributed by atoms with Crippen LogP contribution >= 0.6 is 0 Å². The predicted molar refractivity (Wildman–Crippen MR) is 138 cm³/mol. The van der Waals surface area contributed by atoms with E-state index in [1.807, 2.05) is 31.2 Å². The third-order valence-corrected chi connectivity index (χ3v) is 6.18. The molecule has 3 rings (SSSR count). The molecule has 37 heavy (non-hydrogen) atoms. The second-order valence-corrected chi connectivity index (χ2v) is 8.66. The minimum atomic E-state index is -0.470. The largest absolute Gasteiger partial charge is 0.493 e. The monoisotopic (exact) mass is 515 g/mol. The van der Waals surface area contributed by atoms with Gasteiger partial charge in [-0.15, -0.1) is 0 Å². The lowest BCUT2D eigenvalue weighted by Gasteiger charge is -2.20. The van der Waals surface area contributed by atoms with E-state index >= 15 is 0 Å². The number of methoxy groups -OCH3 is 4. The zero-order chi connectivity index (χ0) is 26.9. The number of carbonyl (C=O) groups is 1. The Morgan fingerprint density at radius 1 is 0.946 bits per heavy atom. The van der Waals surface area contributed by atoms with Crippen molar-refractivity contribution < 1.29 is 38.4 Å². The summed E-state index contributed by atoms with van der Waals surface area (Å²) in [6.07, 6.45) is 5.62. The molecule has 2 atom stereocenters. The standard InChI is InChI=1S/C28H37NO8/c1-7-13-36-27-19(9-8-12-29(31)18(2)30)14-20(15-24(27)32-3)22-10-11-23(37-22)21-16-25(33-4)28(35-6)26(17-21)34-5/h8,12,14-17,22-23,31H,7,9-11,13H2,1-6H3/t22-,23-/m0/s1. The van der Waals surface area contributed by atoms with E-state index in [2.05, 4.69) is 0 Å². The maximum Gasteiger partial charge on any atom is 0.246 e. The minimum absolute atomic E-state index is 0.150. The first-order chi connectivity index (χ1) is 17.9. The molecule has 9 heteroatoms. The molecule has 1 aliphatic heterocycles. The summed E-state index contributed by atoms with van der Waals surface area (Å²) in [7, 11) is 6.37. The van der Waals surface area contributed by atoms with Crippen molar-refractivity contribution in [2.45, 2.75) is 51.7 Å². The number of allylic oxidation sites excluding steroid dienone is 1. The lowest BCUT2D eigenvalue weighted by molar-refractivity contribution is -0.151. The molecular weight excluding hydrogens is 478 g/mol. The summed E-state index contributed by atoms with van der Waals surface area (Å²) in [6, 6.07) is 7.83. The molecule has 2 aromatic rings. The van der Waals surface area contributed by atoms with Gasteiger partial charge in [0.15, 0.2) is 23.0 Å². The number of amides is 1. The Morgan fingerprint density at radius 2 is 1.49 bits per heavy atom. The number of hydrogen-bond donors (Lipinski definition) is 1. The first kappa shape index (κ1) is 28.1. The molecular formula is C28H37NO8. The van der Waals surface area contributed by atoms with Gasteiger partial charge in [-0.05, 0) is 61.1 Å². The average Bonchev–Trinajstić information content (AvgIpc) is 3.41. The van der Waals surface area contributed by atoms with Gasteiger partial charge in [-0.2, -0.15) is 5.06 Å². The number of ether oxygens (including phenoxy) is 6. The Labute approximate surface area is 218 Å². The average molecular weight is 516 g/mol. The van der Waals surface area contributed by atoms with Crippen molar-refractivity contribution in [2.24, 2.45) is 0 Å². The van der Waals surface area contributed by atoms with Crippen LogP contribution in [-0.4, -0.2) is 51.2 Å². The van der Waals surface area contributed by atoms with E-state index in [1.165, 1.54) is 13.1 Å². The molecule has 9 nitrogen and oxygen atoms in total. The van der Waals surface area contributed by atoms with Crippen molar-refractivity contribution >= 4 is 5.91 Å². The normalized spacial score (nSPS) is 17.1. The molecule has 0 radical (unpaired) electrons. The van der Waals surface area contributed by atoms with Crippen molar-refractivity contribution in [3.63, 3.8) is 0 Å². The summed E-state index contributed by atoms with van der Waals surface area (Å²) in [5, 5.41) is 10.2. The van der Waals surface area contributed by atoms with Gasteiger partial charge in [0, 0.05) is 18.7 Å². The van der Waals surface area contributed by atoms with Gasteiger partial charge in [0.25, 0.3) is 0 Å². The number of hydroxylamine groups is 2. The van der Waals surface area contributed by atoms with Gasteiger partial charge in [0.05, 0.1) is 47.3 Å². The summed E-state index contributed by atoms with van der Waals surface area (Å²) in [6.45, 7) is 3.85. The molecule has 1 heterocycles. The van der Waals surface area contributed by atoms with Crippen LogP contribution in [0.15, 0.2) is 36.5 Å². The maximum atomic E-state index is 11.3. The van der Waals surface area contributed by atoms with Crippen molar-refractivity contribution in [1.82, 2.24) is 5.06 Å². The minimum Gasteiger partial charge on any atom is -0.493 e. The van der Waals surface area contributed by atoms with Gasteiger partial charge in [-0.1, -0.05) is 13.0 Å². The molecule has 2 aromatic carbocycles. The molecule has 1 N–H and O–H groups in total. The predicted octanol–water partition coefficient (Wildman–Crippen LogP) is 5.40. The van der Waals surface area contributed by atoms with Crippen LogP contribution in [0.25, 0.3) is 0 Å². The molecule has 1 aliphatic rings. The highest BCUT2D eigenvalue weighted by molar-refractivity contribution is 5.72. The number of rotatable bonds is 12. The second kappa shape index (κ2) is 13.2. The maximum absolute atomic E-state index is 11.3. The molecule has 0 saturated carbocycles. The molecule has 0 spiro atoms. The van der Waals surface area contributed by atoms with Crippen LogP contribution in [0.1, 0.15) is 62.0 Å². The summed E-state index contributed by atoms with van der Waals surface area (Å²) in [5.41, 5.74) is 2.78. The van der Waals surface area contributed by atoms with E-state index in [1.54, 1.807) is 34.5 Å². The summed E-state index contributed by atoms with van der Waals surface area (Å²) in [5.74, 6) is 2.49. The Bertz CT molecular complexity index is 1070. The third-order valence-electron chi connectivity index (χ3n) is 6.18. The highest BCUT2D eigenvalue weighted by atomic mass is 16.5. The zero-order valence-corrected chi connectivity index (χ0v) is 22.4. The van der Waals surface area contributed by atoms with Gasteiger partial charge in [0.1, 0.15) is 0 Å². The Kier molecular flexibility index (Phi) is 10.0. The topological polar surface area (TPSA) is 95.9 Å². The SMILES string of the molecule is CCCOc1c(CC=CN(O)C(C)=O)cc([C@@H]2CC[C@@H](c3cc(OC)c(OC)c(OC)c3)O2)cc1OC. The van der Waals surface area contributed by atoms with Crippen LogP contribution < -0.4 is 23.7 Å². The molecule has 0 aliphatic carbocycles. The molecule has 0 bridgehead atoms. The van der Waals surface area contributed by atoms with Gasteiger partial charge < -0.3 is 28.4 Å². The van der Waals surface area contributed by atoms with Gasteiger partial charge in [-0.25, -0.2) is 0 Å². The molecule has 0 aromatic heterocycles. The Balaban J connectivity index is 1.90. The van der Waals surface area contributed by atoms with Crippen molar-refractivity contribution in [3.8, 4) is 28.7 Å². The van der Waals surface area contributed by atoms with E-state index in [-0.39, 0.29) is 12.2 Å². The van der Waals surface area contributed by atoms with E-state index in [4.69, 9.17) is 28.4 Å². The van der Waals surface area contributed by atoms with Gasteiger partial charge in [-0.3, -0.25) is 10.0 Å². The van der Waals surface area contributed by atoms with E-state index in [9.17, 15) is 10.0 Å².